The summed E-state index contributed by atoms with van der Waals surface area (Å²) >= 11 is 1.59. The van der Waals surface area contributed by atoms with E-state index in [1.807, 2.05) is 31.4 Å². The van der Waals surface area contributed by atoms with Gasteiger partial charge in [-0.15, -0.1) is 11.3 Å². The fourth-order valence-electron chi connectivity index (χ4n) is 3.30. The van der Waals surface area contributed by atoms with Gasteiger partial charge in [0.25, 0.3) is 0 Å². The van der Waals surface area contributed by atoms with Gasteiger partial charge in [-0.25, -0.2) is 4.98 Å². The quantitative estimate of drug-likeness (QED) is 0.485. The summed E-state index contributed by atoms with van der Waals surface area (Å²) in [5, 5.41) is 17.2. The lowest BCUT2D eigenvalue weighted by Gasteiger charge is -2.13. The van der Waals surface area contributed by atoms with Crippen LogP contribution in [0, 0.1) is 13.8 Å². The van der Waals surface area contributed by atoms with Crippen molar-refractivity contribution in [1.29, 1.82) is 0 Å². The molecule has 0 aliphatic rings. The molecule has 0 saturated carbocycles. The summed E-state index contributed by atoms with van der Waals surface area (Å²) in [6.07, 6.45) is 4.72. The molecule has 0 fully saturated rings. The highest BCUT2D eigenvalue weighted by atomic mass is 32.1. The molecule has 0 spiro atoms. The lowest BCUT2D eigenvalue weighted by atomic mass is 9.94. The summed E-state index contributed by atoms with van der Waals surface area (Å²) in [4.78, 5) is 28.5. The minimum Gasteiger partial charge on any atom is -0.392 e. The van der Waals surface area contributed by atoms with Gasteiger partial charge in [0, 0.05) is 24.1 Å². The standard InChI is InChI=1S/C24H25N3O3S/c1-15-4-7-19(16(2)21(15)14-28)20-10-11-31-22(20)13-26-24(30)9-6-18-5-8-23(25-12-18)27-17(3)29/h4-12,28H,13-14H2,1-3H3,(H,26,30)(H,25,27,29). The summed E-state index contributed by atoms with van der Waals surface area (Å²) in [6.45, 7) is 5.85. The van der Waals surface area contributed by atoms with Crippen LogP contribution in [0.25, 0.3) is 17.2 Å². The number of carbonyl (C=O) groups excluding carboxylic acids is 2. The number of hydrogen-bond acceptors (Lipinski definition) is 5. The van der Waals surface area contributed by atoms with Gasteiger partial charge in [0.15, 0.2) is 0 Å². The van der Waals surface area contributed by atoms with Crippen LogP contribution in [-0.2, 0) is 22.7 Å². The van der Waals surface area contributed by atoms with Gasteiger partial charge in [-0.3, -0.25) is 9.59 Å². The maximum atomic E-state index is 12.3. The van der Waals surface area contributed by atoms with Gasteiger partial charge in [0.1, 0.15) is 5.82 Å². The molecule has 2 aromatic heterocycles. The van der Waals surface area contributed by atoms with E-state index in [1.165, 1.54) is 13.0 Å². The molecule has 3 rings (SSSR count). The zero-order chi connectivity index (χ0) is 22.4. The number of rotatable bonds is 7. The van der Waals surface area contributed by atoms with Crippen LogP contribution in [0.1, 0.15) is 34.1 Å². The van der Waals surface area contributed by atoms with Crippen molar-refractivity contribution in [2.75, 3.05) is 5.32 Å². The lowest BCUT2D eigenvalue weighted by molar-refractivity contribution is -0.116. The number of thiophene rings is 1. The van der Waals surface area contributed by atoms with Gasteiger partial charge in [0.05, 0.1) is 13.2 Å². The van der Waals surface area contributed by atoms with Crippen LogP contribution in [-0.4, -0.2) is 21.9 Å². The molecule has 0 bridgehead atoms. The summed E-state index contributed by atoms with van der Waals surface area (Å²) in [7, 11) is 0. The van der Waals surface area contributed by atoms with Crippen LogP contribution in [0.3, 0.4) is 0 Å². The van der Waals surface area contributed by atoms with E-state index in [0.29, 0.717) is 12.4 Å². The Labute approximate surface area is 185 Å². The molecule has 0 aliphatic heterocycles. The van der Waals surface area contributed by atoms with Crippen molar-refractivity contribution < 1.29 is 14.7 Å². The van der Waals surface area contributed by atoms with Crippen LogP contribution >= 0.6 is 11.3 Å². The monoisotopic (exact) mass is 435 g/mol. The minimum absolute atomic E-state index is 0.00710. The first kappa shape index (κ1) is 22.4. The zero-order valence-corrected chi connectivity index (χ0v) is 18.5. The average molecular weight is 436 g/mol. The Hall–Kier alpha value is -3.29. The molecule has 3 aromatic rings. The van der Waals surface area contributed by atoms with E-state index in [9.17, 15) is 14.7 Å². The lowest BCUT2D eigenvalue weighted by Crippen LogP contribution is -2.20. The maximum Gasteiger partial charge on any atom is 0.244 e. The van der Waals surface area contributed by atoms with Crippen LogP contribution in [0.5, 0.6) is 0 Å². The highest BCUT2D eigenvalue weighted by Gasteiger charge is 2.13. The number of nitrogens with one attached hydrogen (secondary N) is 2. The molecular weight excluding hydrogens is 410 g/mol. The highest BCUT2D eigenvalue weighted by Crippen LogP contribution is 2.33. The van der Waals surface area contributed by atoms with Crippen LogP contribution in [0.4, 0.5) is 5.82 Å². The van der Waals surface area contributed by atoms with Crippen molar-refractivity contribution in [3.05, 3.63) is 75.1 Å². The molecular formula is C24H25N3O3S. The number of anilines is 1. The average Bonchev–Trinajstić information content (AvgIpc) is 3.20. The van der Waals surface area contributed by atoms with E-state index in [2.05, 4.69) is 21.7 Å². The molecule has 0 saturated heterocycles. The molecule has 2 heterocycles. The Morgan fingerprint density at radius 3 is 2.61 bits per heavy atom. The number of aliphatic hydroxyl groups is 1. The number of carbonyl (C=O) groups is 2. The normalized spacial score (nSPS) is 11.0. The van der Waals surface area contributed by atoms with Gasteiger partial charge in [-0.1, -0.05) is 12.1 Å². The molecule has 2 amide bonds. The number of hydrogen-bond donors (Lipinski definition) is 3. The fraction of sp³-hybridized carbons (Fsp3) is 0.208. The number of aliphatic hydroxyl groups excluding tert-OH is 1. The third kappa shape index (κ3) is 5.65. The molecule has 0 unspecified atom stereocenters. The Morgan fingerprint density at radius 1 is 1.13 bits per heavy atom. The fourth-order valence-corrected chi connectivity index (χ4v) is 4.13. The summed E-state index contributed by atoms with van der Waals surface area (Å²) in [5.41, 5.74) is 5.97. The van der Waals surface area contributed by atoms with E-state index in [0.717, 1.165) is 38.3 Å². The number of benzene rings is 1. The Morgan fingerprint density at radius 2 is 1.94 bits per heavy atom. The molecule has 3 N–H and O–H groups in total. The summed E-state index contributed by atoms with van der Waals surface area (Å²) < 4.78 is 0. The predicted molar refractivity (Wildman–Crippen MR) is 125 cm³/mol. The second kappa shape index (κ2) is 10.1. The zero-order valence-electron chi connectivity index (χ0n) is 17.7. The van der Waals surface area contributed by atoms with Crippen molar-refractivity contribution in [1.82, 2.24) is 10.3 Å². The smallest absolute Gasteiger partial charge is 0.244 e. The second-order valence-electron chi connectivity index (χ2n) is 7.16. The maximum absolute atomic E-state index is 12.3. The third-order valence-corrected chi connectivity index (χ3v) is 5.89. The van der Waals surface area contributed by atoms with Gasteiger partial charge in [-0.05, 0) is 76.9 Å². The highest BCUT2D eigenvalue weighted by molar-refractivity contribution is 7.10. The van der Waals surface area contributed by atoms with E-state index >= 15 is 0 Å². The summed E-state index contributed by atoms with van der Waals surface area (Å²) in [5.74, 6) is 0.0774. The number of aryl methyl sites for hydroxylation is 1. The molecule has 0 aliphatic carbocycles. The molecule has 1 aromatic carbocycles. The molecule has 6 nitrogen and oxygen atoms in total. The minimum atomic E-state index is -0.207. The van der Waals surface area contributed by atoms with Crippen LogP contribution < -0.4 is 10.6 Å². The Kier molecular flexibility index (Phi) is 7.33. The SMILES string of the molecule is CC(=O)Nc1ccc(C=CC(=O)NCc2sccc2-c2ccc(C)c(CO)c2C)cn1. The topological polar surface area (TPSA) is 91.3 Å². The number of nitrogens with zero attached hydrogens (tertiary/aromatic N) is 1. The van der Waals surface area contributed by atoms with Crippen molar-refractivity contribution in [2.24, 2.45) is 0 Å². The van der Waals surface area contributed by atoms with Crippen molar-refractivity contribution in [3.63, 3.8) is 0 Å². The Balaban J connectivity index is 1.65. The van der Waals surface area contributed by atoms with Gasteiger partial charge in [0.2, 0.25) is 11.8 Å². The molecule has 160 valence electrons. The van der Waals surface area contributed by atoms with Gasteiger partial charge in [-0.2, -0.15) is 0 Å². The number of aromatic nitrogens is 1. The van der Waals surface area contributed by atoms with Crippen molar-refractivity contribution in [3.8, 4) is 11.1 Å². The van der Waals surface area contributed by atoms with Crippen LogP contribution in [0.15, 0.2) is 48.0 Å². The second-order valence-corrected chi connectivity index (χ2v) is 8.16. The largest absolute Gasteiger partial charge is 0.392 e. The number of amides is 2. The first-order chi connectivity index (χ1) is 14.9. The molecule has 7 heteroatoms. The van der Waals surface area contributed by atoms with Crippen molar-refractivity contribution >= 4 is 35.0 Å². The van der Waals surface area contributed by atoms with Crippen LogP contribution in [0.2, 0.25) is 0 Å². The van der Waals surface area contributed by atoms with E-state index < -0.39 is 0 Å². The first-order valence-electron chi connectivity index (χ1n) is 9.85. The molecule has 31 heavy (non-hydrogen) atoms. The summed E-state index contributed by atoms with van der Waals surface area (Å²) in [6, 6.07) is 9.58. The van der Waals surface area contributed by atoms with Gasteiger partial charge < -0.3 is 15.7 Å². The van der Waals surface area contributed by atoms with E-state index in [1.54, 1.807) is 35.7 Å². The molecule has 0 atom stereocenters. The predicted octanol–water partition coefficient (Wildman–Crippen LogP) is 4.21. The van der Waals surface area contributed by atoms with Gasteiger partial charge >= 0.3 is 0 Å². The van der Waals surface area contributed by atoms with E-state index in [4.69, 9.17) is 0 Å². The van der Waals surface area contributed by atoms with Crippen molar-refractivity contribution in [2.45, 2.75) is 33.9 Å². The Bertz CT molecular complexity index is 1120. The third-order valence-electron chi connectivity index (χ3n) is 4.97. The van der Waals surface area contributed by atoms with E-state index in [-0.39, 0.29) is 18.4 Å². The number of pyridine rings is 1. The first-order valence-corrected chi connectivity index (χ1v) is 10.7. The molecule has 0 radical (unpaired) electrons.